The molecular formula is C19H21ClN6O3S2. The summed E-state index contributed by atoms with van der Waals surface area (Å²) in [6.45, 7) is 3.66. The van der Waals surface area contributed by atoms with Gasteiger partial charge in [-0.05, 0) is 54.1 Å². The third kappa shape index (κ3) is 5.06. The van der Waals surface area contributed by atoms with Crippen LogP contribution in [0.2, 0.25) is 5.02 Å². The van der Waals surface area contributed by atoms with Crippen molar-refractivity contribution in [3.63, 3.8) is 0 Å². The summed E-state index contributed by atoms with van der Waals surface area (Å²) in [4.78, 5) is 12.6. The van der Waals surface area contributed by atoms with Gasteiger partial charge in [0.1, 0.15) is 4.90 Å². The number of anilines is 1. The number of hydrogen-bond donors (Lipinski definition) is 1. The zero-order valence-corrected chi connectivity index (χ0v) is 19.7. The molecule has 9 nitrogen and oxygen atoms in total. The Hall–Kier alpha value is -2.47. The Morgan fingerprint density at radius 3 is 2.61 bits per heavy atom. The molecule has 12 heteroatoms. The number of halogens is 1. The van der Waals surface area contributed by atoms with Crippen molar-refractivity contribution in [2.75, 3.05) is 19.4 Å². The lowest BCUT2D eigenvalue weighted by atomic mass is 10.2. The van der Waals surface area contributed by atoms with Crippen LogP contribution >= 0.6 is 23.4 Å². The van der Waals surface area contributed by atoms with Crippen molar-refractivity contribution < 1.29 is 13.2 Å². The number of hydrogen-bond acceptors (Lipinski definition) is 7. The molecule has 0 saturated heterocycles. The van der Waals surface area contributed by atoms with Crippen LogP contribution < -0.4 is 5.32 Å². The summed E-state index contributed by atoms with van der Waals surface area (Å²) in [6.07, 6.45) is 0. The van der Waals surface area contributed by atoms with E-state index in [1.54, 1.807) is 17.7 Å². The number of amides is 1. The first-order valence-corrected chi connectivity index (χ1v) is 11.8. The van der Waals surface area contributed by atoms with Gasteiger partial charge in [-0.3, -0.25) is 4.79 Å². The molecule has 0 bridgehead atoms. The number of benzene rings is 2. The summed E-state index contributed by atoms with van der Waals surface area (Å²) < 4.78 is 27.5. The number of carbonyl (C=O) groups excluding carboxylic acids is 1. The molecule has 1 aromatic heterocycles. The number of nitrogens with zero attached hydrogens (tertiary/aromatic N) is 5. The van der Waals surface area contributed by atoms with E-state index in [2.05, 4.69) is 20.8 Å². The van der Waals surface area contributed by atoms with E-state index < -0.39 is 15.3 Å². The van der Waals surface area contributed by atoms with E-state index in [9.17, 15) is 13.2 Å². The second-order valence-electron chi connectivity index (χ2n) is 6.84. The van der Waals surface area contributed by atoms with Crippen molar-refractivity contribution in [3.8, 4) is 5.69 Å². The lowest BCUT2D eigenvalue weighted by Crippen LogP contribution is -2.24. The molecule has 0 aliphatic carbocycles. The summed E-state index contributed by atoms with van der Waals surface area (Å²) in [5, 5.41) is 14.5. The van der Waals surface area contributed by atoms with Crippen LogP contribution in [0.15, 0.2) is 52.5 Å². The summed E-state index contributed by atoms with van der Waals surface area (Å²) in [7, 11) is -0.931. The smallest absolute Gasteiger partial charge is 0.244 e. The lowest BCUT2D eigenvalue weighted by Gasteiger charge is -2.15. The highest BCUT2D eigenvalue weighted by atomic mass is 35.5. The topological polar surface area (TPSA) is 110 Å². The first kappa shape index (κ1) is 23.2. The second-order valence-corrected chi connectivity index (χ2v) is 10.7. The van der Waals surface area contributed by atoms with Crippen molar-refractivity contribution in [2.24, 2.45) is 0 Å². The number of sulfonamides is 1. The highest BCUT2D eigenvalue weighted by molar-refractivity contribution is 8.00. The maximum absolute atomic E-state index is 12.7. The summed E-state index contributed by atoms with van der Waals surface area (Å²) >= 11 is 7.25. The quantitative estimate of drug-likeness (QED) is 0.517. The second kappa shape index (κ2) is 9.35. The molecule has 164 valence electrons. The van der Waals surface area contributed by atoms with Crippen LogP contribution in [0.25, 0.3) is 5.69 Å². The van der Waals surface area contributed by atoms with E-state index in [1.165, 1.54) is 38.0 Å². The average Bonchev–Trinajstić information content (AvgIpc) is 3.17. The Labute approximate surface area is 189 Å². The molecule has 3 aromatic rings. The molecule has 1 heterocycles. The molecule has 0 aliphatic heterocycles. The van der Waals surface area contributed by atoms with Gasteiger partial charge in [0, 0.05) is 19.8 Å². The molecular weight excluding hydrogens is 460 g/mol. The van der Waals surface area contributed by atoms with Gasteiger partial charge >= 0.3 is 0 Å². The summed E-state index contributed by atoms with van der Waals surface area (Å²) in [5.41, 5.74) is 2.13. The first-order valence-electron chi connectivity index (χ1n) is 9.15. The van der Waals surface area contributed by atoms with Crippen LogP contribution in [0.3, 0.4) is 0 Å². The SMILES string of the molecule is Cc1ccccc1-n1nnnc1SC(C)C(=O)Nc1ccc(Cl)c(S(=O)(=O)N(C)C)c1. The standard InChI is InChI=1S/C19H21ClN6O3S2/c1-12-7-5-6-8-16(12)26-19(22-23-24-26)30-13(2)18(27)21-14-9-10-15(20)17(11-14)31(28,29)25(3)4/h5-11,13H,1-4H3,(H,21,27). The number of para-hydroxylation sites is 1. The number of tetrazole rings is 1. The van der Waals surface area contributed by atoms with E-state index in [0.717, 1.165) is 15.6 Å². The van der Waals surface area contributed by atoms with Crippen molar-refractivity contribution in [3.05, 3.63) is 53.1 Å². The fourth-order valence-electron chi connectivity index (χ4n) is 2.64. The molecule has 3 rings (SSSR count). The molecule has 1 atom stereocenters. The van der Waals surface area contributed by atoms with Crippen LogP contribution in [0, 0.1) is 6.92 Å². The number of nitrogens with one attached hydrogen (secondary N) is 1. The van der Waals surface area contributed by atoms with Gasteiger partial charge in [-0.1, -0.05) is 41.6 Å². The van der Waals surface area contributed by atoms with Crippen molar-refractivity contribution in [1.29, 1.82) is 0 Å². The molecule has 0 spiro atoms. The van der Waals surface area contributed by atoms with E-state index in [4.69, 9.17) is 11.6 Å². The largest absolute Gasteiger partial charge is 0.325 e. The van der Waals surface area contributed by atoms with Gasteiger partial charge in [0.2, 0.25) is 21.1 Å². The highest BCUT2D eigenvalue weighted by Gasteiger charge is 2.23. The fraction of sp³-hybridized carbons (Fsp3) is 0.263. The molecule has 0 saturated carbocycles. The average molecular weight is 481 g/mol. The number of rotatable bonds is 7. The molecule has 0 aliphatic rings. The van der Waals surface area contributed by atoms with Gasteiger partial charge in [0.15, 0.2) is 0 Å². The van der Waals surface area contributed by atoms with Gasteiger partial charge < -0.3 is 5.32 Å². The normalized spacial score (nSPS) is 12.7. The Morgan fingerprint density at radius 2 is 1.94 bits per heavy atom. The molecule has 1 amide bonds. The minimum atomic E-state index is -3.75. The van der Waals surface area contributed by atoms with Crippen LogP contribution in [0.5, 0.6) is 0 Å². The van der Waals surface area contributed by atoms with E-state index in [-0.39, 0.29) is 15.8 Å². The van der Waals surface area contributed by atoms with E-state index >= 15 is 0 Å². The molecule has 0 radical (unpaired) electrons. The van der Waals surface area contributed by atoms with E-state index in [1.807, 2.05) is 31.2 Å². The van der Waals surface area contributed by atoms with Gasteiger partial charge in [-0.2, -0.15) is 4.68 Å². The maximum Gasteiger partial charge on any atom is 0.244 e. The van der Waals surface area contributed by atoms with Gasteiger partial charge in [-0.25, -0.2) is 12.7 Å². The Kier molecular flexibility index (Phi) is 6.99. The van der Waals surface area contributed by atoms with Gasteiger partial charge in [0.05, 0.1) is 16.0 Å². The maximum atomic E-state index is 12.7. The van der Waals surface area contributed by atoms with Crippen LogP contribution in [0.1, 0.15) is 12.5 Å². The van der Waals surface area contributed by atoms with Gasteiger partial charge in [-0.15, -0.1) is 5.10 Å². The predicted molar refractivity (Wildman–Crippen MR) is 120 cm³/mol. The molecule has 2 aromatic carbocycles. The number of aryl methyl sites for hydroxylation is 1. The van der Waals surface area contributed by atoms with Crippen LogP contribution in [0.4, 0.5) is 5.69 Å². The van der Waals surface area contributed by atoms with Gasteiger partial charge in [0.25, 0.3) is 0 Å². The van der Waals surface area contributed by atoms with Crippen molar-refractivity contribution >= 4 is 45.0 Å². The number of carbonyl (C=O) groups is 1. The zero-order valence-electron chi connectivity index (χ0n) is 17.3. The molecule has 1 N–H and O–H groups in total. The Balaban J connectivity index is 1.78. The molecule has 31 heavy (non-hydrogen) atoms. The van der Waals surface area contributed by atoms with E-state index in [0.29, 0.717) is 10.8 Å². The lowest BCUT2D eigenvalue weighted by molar-refractivity contribution is -0.115. The Bertz CT molecular complexity index is 1210. The summed E-state index contributed by atoms with van der Waals surface area (Å²) in [6, 6.07) is 12.0. The minimum absolute atomic E-state index is 0.0755. The monoisotopic (exact) mass is 480 g/mol. The fourth-order valence-corrected chi connectivity index (χ4v) is 4.83. The molecule has 1 unspecified atom stereocenters. The molecule has 0 fully saturated rings. The Morgan fingerprint density at radius 1 is 1.23 bits per heavy atom. The zero-order chi connectivity index (χ0) is 22.8. The first-order chi connectivity index (χ1) is 14.6. The minimum Gasteiger partial charge on any atom is -0.325 e. The predicted octanol–water partition coefficient (Wildman–Crippen LogP) is 2.99. The summed E-state index contributed by atoms with van der Waals surface area (Å²) in [5.74, 6) is -0.333. The van der Waals surface area contributed by atoms with Crippen LogP contribution in [-0.2, 0) is 14.8 Å². The highest BCUT2D eigenvalue weighted by Crippen LogP contribution is 2.28. The third-order valence-electron chi connectivity index (χ3n) is 4.39. The van der Waals surface area contributed by atoms with Crippen molar-refractivity contribution in [1.82, 2.24) is 24.5 Å². The number of aromatic nitrogens is 4. The number of thioether (sulfide) groups is 1. The van der Waals surface area contributed by atoms with Crippen molar-refractivity contribution in [2.45, 2.75) is 29.1 Å². The third-order valence-corrected chi connectivity index (χ3v) is 7.72. The van der Waals surface area contributed by atoms with Crippen LogP contribution in [-0.4, -0.2) is 58.2 Å².